The lowest BCUT2D eigenvalue weighted by Gasteiger charge is -2.36. The van der Waals surface area contributed by atoms with Gasteiger partial charge in [0.15, 0.2) is 0 Å². The maximum Gasteiger partial charge on any atom is 0.258 e. The number of hydrogen-bond donors (Lipinski definition) is 1. The number of piperazine rings is 1. The zero-order chi connectivity index (χ0) is 17.2. The Bertz CT molecular complexity index is 949. The van der Waals surface area contributed by atoms with Crippen LogP contribution in [0.5, 0.6) is 0 Å². The van der Waals surface area contributed by atoms with E-state index in [1.807, 2.05) is 24.3 Å². The Morgan fingerprint density at radius 3 is 2.72 bits per heavy atom. The monoisotopic (exact) mass is 355 g/mol. The topological polar surface area (TPSA) is 65.1 Å². The van der Waals surface area contributed by atoms with Crippen molar-refractivity contribution in [3.63, 3.8) is 0 Å². The van der Waals surface area contributed by atoms with Crippen LogP contribution in [-0.2, 0) is 6.54 Å². The number of fused-ring (bicyclic) bond motifs is 1. The van der Waals surface area contributed by atoms with Crippen LogP contribution in [0.25, 0.3) is 10.9 Å². The van der Waals surface area contributed by atoms with Gasteiger partial charge >= 0.3 is 0 Å². The van der Waals surface area contributed by atoms with Crippen molar-refractivity contribution in [3.8, 4) is 0 Å². The molecule has 3 heterocycles. The lowest BCUT2D eigenvalue weighted by Crippen LogP contribution is -2.46. The van der Waals surface area contributed by atoms with Crippen LogP contribution in [0, 0.1) is 0 Å². The second kappa shape index (κ2) is 6.82. The molecule has 1 aliphatic heterocycles. The van der Waals surface area contributed by atoms with Gasteiger partial charge in [-0.25, -0.2) is 4.98 Å². The van der Waals surface area contributed by atoms with Crippen LogP contribution in [0.15, 0.2) is 47.5 Å². The van der Waals surface area contributed by atoms with Crippen LogP contribution < -0.4 is 10.5 Å². The molecule has 0 atom stereocenters. The molecule has 1 fully saturated rings. The number of aromatic nitrogens is 3. The maximum atomic E-state index is 12.2. The number of H-pyrrole nitrogens is 1. The highest BCUT2D eigenvalue weighted by Crippen LogP contribution is 2.25. The van der Waals surface area contributed by atoms with Crippen LogP contribution in [0.1, 0.15) is 5.82 Å². The number of hydrogen-bond acceptors (Lipinski definition) is 5. The molecule has 4 rings (SSSR count). The Morgan fingerprint density at radius 1 is 1.12 bits per heavy atom. The molecule has 0 unspecified atom stereocenters. The molecule has 0 bridgehead atoms. The van der Waals surface area contributed by atoms with Crippen molar-refractivity contribution in [2.45, 2.75) is 6.54 Å². The molecule has 1 N–H and O–H groups in total. The van der Waals surface area contributed by atoms with Crippen molar-refractivity contribution >= 4 is 28.2 Å². The molecule has 2 aromatic heterocycles. The standard InChI is InChI=1S/C18H18ClN5O/c19-14-11-20-6-5-16(14)24-9-7-23(8-10-24)12-17-21-15-4-2-1-3-13(15)18(25)22-17/h1-6,11H,7-10,12H2,(H,21,22,25). The molecule has 7 heteroatoms. The van der Waals surface area contributed by atoms with Gasteiger partial charge in [0.25, 0.3) is 5.56 Å². The second-order valence-corrected chi connectivity index (χ2v) is 6.53. The minimum Gasteiger partial charge on any atom is -0.368 e. The Kier molecular flexibility index (Phi) is 4.38. The molecule has 0 aliphatic carbocycles. The quantitative estimate of drug-likeness (QED) is 0.781. The van der Waals surface area contributed by atoms with E-state index in [1.165, 1.54) is 0 Å². The molecule has 128 valence electrons. The number of halogens is 1. The average Bonchev–Trinajstić information content (AvgIpc) is 2.63. The van der Waals surface area contributed by atoms with Gasteiger partial charge in [0, 0.05) is 38.6 Å². The number of nitrogens with zero attached hydrogens (tertiary/aromatic N) is 4. The molecule has 1 saturated heterocycles. The van der Waals surface area contributed by atoms with Crippen molar-refractivity contribution in [3.05, 3.63) is 63.9 Å². The summed E-state index contributed by atoms with van der Waals surface area (Å²) in [6.07, 6.45) is 3.43. The van der Waals surface area contributed by atoms with E-state index in [4.69, 9.17) is 11.6 Å². The highest BCUT2D eigenvalue weighted by Gasteiger charge is 2.19. The van der Waals surface area contributed by atoms with E-state index in [1.54, 1.807) is 18.5 Å². The fraction of sp³-hybridized carbons (Fsp3) is 0.278. The molecule has 0 saturated carbocycles. The Hall–Kier alpha value is -2.44. The van der Waals surface area contributed by atoms with Crippen LogP contribution in [0.2, 0.25) is 5.02 Å². The summed E-state index contributed by atoms with van der Waals surface area (Å²) in [7, 11) is 0. The Balaban J connectivity index is 1.45. The number of benzene rings is 1. The molecule has 3 aromatic rings. The number of nitrogens with one attached hydrogen (secondary N) is 1. The zero-order valence-electron chi connectivity index (χ0n) is 13.7. The fourth-order valence-corrected chi connectivity index (χ4v) is 3.43. The van der Waals surface area contributed by atoms with E-state index in [-0.39, 0.29) is 5.56 Å². The van der Waals surface area contributed by atoms with Crippen molar-refractivity contribution in [1.29, 1.82) is 0 Å². The van der Waals surface area contributed by atoms with Gasteiger partial charge in [0.1, 0.15) is 5.82 Å². The van der Waals surface area contributed by atoms with Crippen molar-refractivity contribution < 1.29 is 0 Å². The van der Waals surface area contributed by atoms with Gasteiger partial charge in [-0.05, 0) is 18.2 Å². The van der Waals surface area contributed by atoms with Crippen LogP contribution >= 0.6 is 11.6 Å². The third kappa shape index (κ3) is 3.36. The smallest absolute Gasteiger partial charge is 0.258 e. The van der Waals surface area contributed by atoms with E-state index >= 15 is 0 Å². The van der Waals surface area contributed by atoms with Gasteiger partial charge in [-0.3, -0.25) is 14.7 Å². The number of para-hydroxylation sites is 1. The molecular weight excluding hydrogens is 338 g/mol. The molecule has 6 nitrogen and oxygen atoms in total. The number of rotatable bonds is 3. The van der Waals surface area contributed by atoms with Gasteiger partial charge in [-0.2, -0.15) is 0 Å². The van der Waals surface area contributed by atoms with E-state index in [9.17, 15) is 4.79 Å². The summed E-state index contributed by atoms with van der Waals surface area (Å²) in [6.45, 7) is 4.16. The molecule has 0 amide bonds. The number of pyridine rings is 1. The first-order valence-corrected chi connectivity index (χ1v) is 8.63. The first-order chi connectivity index (χ1) is 12.2. The van der Waals surface area contributed by atoms with Crippen molar-refractivity contribution in [2.75, 3.05) is 31.1 Å². The van der Waals surface area contributed by atoms with E-state index in [0.717, 1.165) is 37.4 Å². The van der Waals surface area contributed by atoms with Crippen molar-refractivity contribution in [2.24, 2.45) is 0 Å². The van der Waals surface area contributed by atoms with E-state index in [0.29, 0.717) is 22.8 Å². The summed E-state index contributed by atoms with van der Waals surface area (Å²) in [5.41, 5.74) is 1.68. The van der Waals surface area contributed by atoms with Crippen LogP contribution in [0.3, 0.4) is 0 Å². The van der Waals surface area contributed by atoms with Crippen molar-refractivity contribution in [1.82, 2.24) is 19.9 Å². The lowest BCUT2D eigenvalue weighted by atomic mass is 10.2. The van der Waals surface area contributed by atoms with Gasteiger partial charge in [0.2, 0.25) is 0 Å². The molecule has 1 aromatic carbocycles. The normalized spacial score (nSPS) is 15.6. The predicted molar refractivity (Wildman–Crippen MR) is 99.1 cm³/mol. The summed E-state index contributed by atoms with van der Waals surface area (Å²) >= 11 is 6.23. The van der Waals surface area contributed by atoms with Gasteiger partial charge in [-0.15, -0.1) is 0 Å². The van der Waals surface area contributed by atoms with Crippen LogP contribution in [-0.4, -0.2) is 46.0 Å². The summed E-state index contributed by atoms with van der Waals surface area (Å²) < 4.78 is 0. The van der Waals surface area contributed by atoms with Gasteiger partial charge < -0.3 is 9.88 Å². The third-order valence-corrected chi connectivity index (χ3v) is 4.79. The summed E-state index contributed by atoms with van der Waals surface area (Å²) in [5.74, 6) is 0.707. The largest absolute Gasteiger partial charge is 0.368 e. The highest BCUT2D eigenvalue weighted by molar-refractivity contribution is 6.33. The van der Waals surface area contributed by atoms with Gasteiger partial charge in [-0.1, -0.05) is 23.7 Å². The lowest BCUT2D eigenvalue weighted by molar-refractivity contribution is 0.244. The first kappa shape index (κ1) is 16.1. The van der Waals surface area contributed by atoms with Crippen LogP contribution in [0.4, 0.5) is 5.69 Å². The Labute approximate surface area is 150 Å². The molecule has 25 heavy (non-hydrogen) atoms. The fourth-order valence-electron chi connectivity index (χ4n) is 3.19. The molecule has 0 radical (unpaired) electrons. The molecular formula is C18H18ClN5O. The van der Waals surface area contributed by atoms with Gasteiger partial charge in [0.05, 0.1) is 28.2 Å². The van der Waals surface area contributed by atoms with E-state index < -0.39 is 0 Å². The highest BCUT2D eigenvalue weighted by atomic mass is 35.5. The first-order valence-electron chi connectivity index (χ1n) is 8.25. The number of anilines is 1. The average molecular weight is 356 g/mol. The maximum absolute atomic E-state index is 12.2. The van der Waals surface area contributed by atoms with E-state index in [2.05, 4.69) is 24.8 Å². The minimum atomic E-state index is -0.0807. The summed E-state index contributed by atoms with van der Waals surface area (Å²) in [6, 6.07) is 9.36. The second-order valence-electron chi connectivity index (χ2n) is 6.12. The predicted octanol–water partition coefficient (Wildman–Crippen LogP) is 2.29. The Morgan fingerprint density at radius 2 is 1.92 bits per heavy atom. The summed E-state index contributed by atoms with van der Waals surface area (Å²) in [4.78, 5) is 28.2. The molecule has 1 aliphatic rings. The number of aromatic amines is 1. The molecule has 0 spiro atoms. The minimum absolute atomic E-state index is 0.0807. The summed E-state index contributed by atoms with van der Waals surface area (Å²) in [5, 5.41) is 1.31. The SMILES string of the molecule is O=c1[nH]c(CN2CCN(c3ccncc3Cl)CC2)nc2ccccc12. The zero-order valence-corrected chi connectivity index (χ0v) is 14.4. The third-order valence-electron chi connectivity index (χ3n) is 4.50.